The van der Waals surface area contributed by atoms with Gasteiger partial charge in [-0.25, -0.2) is 0 Å². The molecule has 3 N–H and O–H groups in total. The first-order valence-electron chi connectivity index (χ1n) is 6.10. The van der Waals surface area contributed by atoms with Crippen LogP contribution < -0.4 is 15.8 Å². The Bertz CT molecular complexity index is 629. The molecule has 0 bridgehead atoms. The molecule has 0 saturated carbocycles. The normalized spacial score (nSPS) is 10.1. The second-order valence-corrected chi connectivity index (χ2v) is 5.10. The van der Waals surface area contributed by atoms with Crippen molar-refractivity contribution < 1.29 is 9.53 Å². The number of carbonyl (C=O) groups excluding carboxylic acids is 1. The molecule has 2 aromatic rings. The number of amides is 1. The molecule has 0 saturated heterocycles. The van der Waals surface area contributed by atoms with Gasteiger partial charge in [-0.2, -0.15) is 0 Å². The van der Waals surface area contributed by atoms with Crippen molar-refractivity contribution in [1.29, 1.82) is 0 Å². The summed E-state index contributed by atoms with van der Waals surface area (Å²) in [6.07, 6.45) is 0. The van der Waals surface area contributed by atoms with Crippen molar-refractivity contribution in [1.82, 2.24) is 0 Å². The molecule has 5 heteroatoms. The van der Waals surface area contributed by atoms with Crippen LogP contribution in [0.4, 0.5) is 11.4 Å². The number of rotatable bonds is 4. The molecule has 0 aliphatic heterocycles. The van der Waals surface area contributed by atoms with Crippen LogP contribution in [0.3, 0.4) is 0 Å². The van der Waals surface area contributed by atoms with Gasteiger partial charge in [-0.15, -0.1) is 0 Å². The van der Waals surface area contributed by atoms with Crippen LogP contribution in [0.15, 0.2) is 46.9 Å². The Hall–Kier alpha value is -2.01. The number of aryl methyl sites for hydroxylation is 1. The van der Waals surface area contributed by atoms with E-state index >= 15 is 0 Å². The molecule has 1 amide bonds. The van der Waals surface area contributed by atoms with Crippen LogP contribution in [-0.2, 0) is 4.79 Å². The molecule has 104 valence electrons. The third kappa shape index (κ3) is 3.51. The lowest BCUT2D eigenvalue weighted by Gasteiger charge is -2.11. The fourth-order valence-corrected chi connectivity index (χ4v) is 2.05. The van der Waals surface area contributed by atoms with Crippen LogP contribution >= 0.6 is 15.9 Å². The average Bonchev–Trinajstić information content (AvgIpc) is 2.43. The van der Waals surface area contributed by atoms with Gasteiger partial charge in [0.1, 0.15) is 5.75 Å². The second-order valence-electron chi connectivity index (χ2n) is 4.31. The highest BCUT2D eigenvalue weighted by atomic mass is 79.9. The van der Waals surface area contributed by atoms with Crippen molar-refractivity contribution in [3.8, 4) is 5.75 Å². The maximum atomic E-state index is 11.9. The highest BCUT2D eigenvalue weighted by Crippen LogP contribution is 2.25. The van der Waals surface area contributed by atoms with Gasteiger partial charge in [-0.05, 0) is 46.6 Å². The van der Waals surface area contributed by atoms with Gasteiger partial charge in [0, 0.05) is 4.47 Å². The van der Waals surface area contributed by atoms with Crippen LogP contribution in [0.5, 0.6) is 5.75 Å². The number of hydrogen-bond acceptors (Lipinski definition) is 3. The van der Waals surface area contributed by atoms with E-state index < -0.39 is 0 Å². The van der Waals surface area contributed by atoms with Crippen molar-refractivity contribution in [2.45, 2.75) is 6.92 Å². The second kappa shape index (κ2) is 6.43. The number of nitrogens with one attached hydrogen (secondary N) is 1. The summed E-state index contributed by atoms with van der Waals surface area (Å²) in [5.74, 6) is 0.269. The van der Waals surface area contributed by atoms with Crippen molar-refractivity contribution in [2.75, 3.05) is 17.7 Å². The summed E-state index contributed by atoms with van der Waals surface area (Å²) in [6, 6.07) is 12.7. The Morgan fingerprint density at radius 2 is 2.00 bits per heavy atom. The van der Waals surface area contributed by atoms with Gasteiger partial charge in [-0.1, -0.05) is 24.3 Å². The standard InChI is InChI=1S/C15H15BrN2O2/c1-10-5-4-7-12(15(10)16)18-14(19)9-20-13-8-3-2-6-11(13)17/h2-8H,9,17H2,1H3,(H,18,19). The van der Waals surface area contributed by atoms with Crippen molar-refractivity contribution in [3.63, 3.8) is 0 Å². The Labute approximate surface area is 126 Å². The van der Waals surface area contributed by atoms with E-state index in [-0.39, 0.29) is 12.5 Å². The number of ether oxygens (including phenoxy) is 1. The average molecular weight is 335 g/mol. The minimum absolute atomic E-state index is 0.0887. The molecule has 0 spiro atoms. The van der Waals surface area contributed by atoms with Crippen LogP contribution in [0.1, 0.15) is 5.56 Å². The van der Waals surface area contributed by atoms with Gasteiger partial charge in [-0.3, -0.25) is 4.79 Å². The summed E-state index contributed by atoms with van der Waals surface area (Å²) in [6.45, 7) is 1.87. The number of hydrogen-bond donors (Lipinski definition) is 2. The van der Waals surface area contributed by atoms with Gasteiger partial charge < -0.3 is 15.8 Å². The molecule has 0 unspecified atom stereocenters. The molecule has 0 aromatic heterocycles. The minimum atomic E-state index is -0.237. The van der Waals surface area contributed by atoms with Gasteiger partial charge in [0.15, 0.2) is 6.61 Å². The number of halogens is 1. The van der Waals surface area contributed by atoms with Crippen molar-refractivity contribution in [3.05, 3.63) is 52.5 Å². The largest absolute Gasteiger partial charge is 0.482 e. The van der Waals surface area contributed by atoms with E-state index in [0.717, 1.165) is 15.7 Å². The van der Waals surface area contributed by atoms with Crippen molar-refractivity contribution >= 4 is 33.2 Å². The van der Waals surface area contributed by atoms with Gasteiger partial charge in [0.25, 0.3) is 5.91 Å². The number of anilines is 2. The fourth-order valence-electron chi connectivity index (χ4n) is 1.69. The minimum Gasteiger partial charge on any atom is -0.482 e. The van der Waals surface area contributed by atoms with E-state index in [1.165, 1.54) is 0 Å². The zero-order valence-corrected chi connectivity index (χ0v) is 12.6. The summed E-state index contributed by atoms with van der Waals surface area (Å²) < 4.78 is 6.26. The maximum Gasteiger partial charge on any atom is 0.262 e. The van der Waals surface area contributed by atoms with Crippen LogP contribution in [0, 0.1) is 6.92 Å². The van der Waals surface area contributed by atoms with E-state index in [2.05, 4.69) is 21.2 Å². The Balaban J connectivity index is 1.96. The fraction of sp³-hybridized carbons (Fsp3) is 0.133. The maximum absolute atomic E-state index is 11.9. The van der Waals surface area contributed by atoms with Crippen LogP contribution in [-0.4, -0.2) is 12.5 Å². The molecular weight excluding hydrogens is 320 g/mol. The van der Waals surface area contributed by atoms with E-state index in [9.17, 15) is 4.79 Å². The van der Waals surface area contributed by atoms with Gasteiger partial charge >= 0.3 is 0 Å². The third-order valence-electron chi connectivity index (χ3n) is 2.74. The number of para-hydroxylation sites is 2. The lowest BCUT2D eigenvalue weighted by atomic mass is 10.2. The molecule has 20 heavy (non-hydrogen) atoms. The van der Waals surface area contributed by atoms with E-state index in [4.69, 9.17) is 10.5 Å². The third-order valence-corrected chi connectivity index (χ3v) is 3.80. The number of nitrogens with two attached hydrogens (primary N) is 1. The molecule has 4 nitrogen and oxygen atoms in total. The molecular formula is C15H15BrN2O2. The molecule has 0 aliphatic rings. The number of nitrogen functional groups attached to an aromatic ring is 1. The molecule has 0 radical (unpaired) electrons. The first-order valence-corrected chi connectivity index (χ1v) is 6.89. The first kappa shape index (κ1) is 14.4. The summed E-state index contributed by atoms with van der Waals surface area (Å²) >= 11 is 3.44. The smallest absolute Gasteiger partial charge is 0.262 e. The highest BCUT2D eigenvalue weighted by Gasteiger charge is 2.08. The van der Waals surface area contributed by atoms with Gasteiger partial charge in [0.2, 0.25) is 0 Å². The predicted octanol–water partition coefficient (Wildman–Crippen LogP) is 3.36. The van der Waals surface area contributed by atoms with E-state index in [1.54, 1.807) is 18.2 Å². The number of benzene rings is 2. The lowest BCUT2D eigenvalue weighted by Crippen LogP contribution is -2.20. The summed E-state index contributed by atoms with van der Waals surface area (Å²) in [4.78, 5) is 11.9. The quantitative estimate of drug-likeness (QED) is 0.842. The zero-order chi connectivity index (χ0) is 14.5. The van der Waals surface area contributed by atoms with E-state index in [0.29, 0.717) is 11.4 Å². The molecule has 0 atom stereocenters. The topological polar surface area (TPSA) is 64.3 Å². The molecule has 0 fully saturated rings. The highest BCUT2D eigenvalue weighted by molar-refractivity contribution is 9.10. The van der Waals surface area contributed by atoms with Crippen LogP contribution in [0.25, 0.3) is 0 Å². The summed E-state index contributed by atoms with van der Waals surface area (Å²) in [7, 11) is 0. The zero-order valence-electron chi connectivity index (χ0n) is 11.0. The Morgan fingerprint density at radius 1 is 1.25 bits per heavy atom. The monoisotopic (exact) mass is 334 g/mol. The summed E-state index contributed by atoms with van der Waals surface area (Å²) in [5, 5.41) is 2.79. The van der Waals surface area contributed by atoms with Crippen LogP contribution in [0.2, 0.25) is 0 Å². The molecule has 2 rings (SSSR count). The first-order chi connectivity index (χ1) is 9.58. The van der Waals surface area contributed by atoms with Crippen molar-refractivity contribution in [2.24, 2.45) is 0 Å². The SMILES string of the molecule is Cc1cccc(NC(=O)COc2ccccc2N)c1Br. The predicted molar refractivity (Wildman–Crippen MR) is 83.9 cm³/mol. The van der Waals surface area contributed by atoms with E-state index in [1.807, 2.05) is 31.2 Å². The Kier molecular flexibility index (Phi) is 4.63. The van der Waals surface area contributed by atoms with Gasteiger partial charge in [0.05, 0.1) is 11.4 Å². The molecule has 2 aromatic carbocycles. The summed E-state index contributed by atoms with van der Waals surface area (Å²) in [5.41, 5.74) is 8.02. The molecule has 0 heterocycles. The lowest BCUT2D eigenvalue weighted by molar-refractivity contribution is -0.118. The Morgan fingerprint density at radius 3 is 2.75 bits per heavy atom. The number of carbonyl (C=O) groups is 1. The molecule has 0 aliphatic carbocycles.